The van der Waals surface area contributed by atoms with Crippen LogP contribution in [0.5, 0.6) is 5.75 Å². The Kier molecular flexibility index (Phi) is 6.89. The van der Waals surface area contributed by atoms with Gasteiger partial charge in [0.25, 0.3) is 0 Å². The minimum absolute atomic E-state index is 0.128. The summed E-state index contributed by atoms with van der Waals surface area (Å²) in [4.78, 5) is 11.8. The minimum Gasteiger partial charge on any atom is -0.465 e. The molecule has 0 radical (unpaired) electrons. The van der Waals surface area contributed by atoms with Gasteiger partial charge in [0.05, 0.1) is 16.5 Å². The maximum absolute atomic E-state index is 12.9. The van der Waals surface area contributed by atoms with Crippen LogP contribution in [0.4, 0.5) is 8.78 Å². The van der Waals surface area contributed by atoms with E-state index in [1.54, 1.807) is 6.92 Å². The summed E-state index contributed by atoms with van der Waals surface area (Å²) in [7, 11) is -4.05. The second-order valence-electron chi connectivity index (χ2n) is 4.93. The van der Waals surface area contributed by atoms with Gasteiger partial charge in [-0.1, -0.05) is 11.6 Å². The first kappa shape index (κ1) is 20.2. The number of benzene rings is 1. The number of esters is 1. The molecule has 11 heteroatoms. The first-order chi connectivity index (χ1) is 11.8. The van der Waals surface area contributed by atoms with Crippen molar-refractivity contribution in [1.29, 1.82) is 0 Å². The standard InChI is InChI=1S/C14H16ClF2NO5S2/c1-2-22-13(19)11-8-24-6-5-18(11)25(20,21)9-3-4-12(10(15)7-9)23-14(16)17/h3-4,7,11,14H,2,5-6,8H2,1H3/t11-/m0/s1. The third kappa shape index (κ3) is 4.75. The van der Waals surface area contributed by atoms with E-state index in [4.69, 9.17) is 16.3 Å². The van der Waals surface area contributed by atoms with E-state index < -0.39 is 28.6 Å². The fraction of sp³-hybridized carbons (Fsp3) is 0.500. The Balaban J connectivity index is 2.32. The Bertz CT molecular complexity index is 732. The monoisotopic (exact) mass is 415 g/mol. The summed E-state index contributed by atoms with van der Waals surface area (Å²) < 4.78 is 60.5. The van der Waals surface area contributed by atoms with Crippen LogP contribution in [0.15, 0.2) is 23.1 Å². The molecule has 1 saturated heterocycles. The Morgan fingerprint density at radius 3 is 2.80 bits per heavy atom. The number of carbonyl (C=O) groups excluding carboxylic acids is 1. The van der Waals surface area contributed by atoms with Gasteiger partial charge in [0.1, 0.15) is 11.8 Å². The predicted octanol–water partition coefficient (Wildman–Crippen LogP) is 2.61. The smallest absolute Gasteiger partial charge is 0.387 e. The van der Waals surface area contributed by atoms with Gasteiger partial charge < -0.3 is 9.47 Å². The van der Waals surface area contributed by atoms with Crippen molar-refractivity contribution in [3.63, 3.8) is 0 Å². The van der Waals surface area contributed by atoms with Gasteiger partial charge in [-0.25, -0.2) is 8.42 Å². The van der Waals surface area contributed by atoms with Gasteiger partial charge in [0.2, 0.25) is 10.0 Å². The van der Waals surface area contributed by atoms with Crippen LogP contribution < -0.4 is 4.74 Å². The van der Waals surface area contributed by atoms with E-state index in [2.05, 4.69) is 4.74 Å². The molecule has 1 fully saturated rings. The number of halogens is 3. The Hall–Kier alpha value is -1.10. The Morgan fingerprint density at radius 1 is 1.48 bits per heavy atom. The number of carbonyl (C=O) groups is 1. The molecule has 1 aliphatic heterocycles. The maximum atomic E-state index is 12.9. The fourth-order valence-corrected chi connectivity index (χ4v) is 5.41. The van der Waals surface area contributed by atoms with E-state index in [1.165, 1.54) is 11.8 Å². The molecule has 1 heterocycles. The Morgan fingerprint density at radius 2 is 2.20 bits per heavy atom. The highest BCUT2D eigenvalue weighted by Gasteiger charge is 2.39. The van der Waals surface area contributed by atoms with Crippen LogP contribution in [0, 0.1) is 0 Å². The summed E-state index contributed by atoms with van der Waals surface area (Å²) in [5.74, 6) is -0.151. The highest BCUT2D eigenvalue weighted by molar-refractivity contribution is 7.99. The van der Waals surface area contributed by atoms with E-state index in [1.807, 2.05) is 0 Å². The lowest BCUT2D eigenvalue weighted by Gasteiger charge is -2.32. The van der Waals surface area contributed by atoms with Crippen LogP contribution in [0.1, 0.15) is 6.92 Å². The van der Waals surface area contributed by atoms with E-state index in [9.17, 15) is 22.0 Å². The van der Waals surface area contributed by atoms with Gasteiger partial charge >= 0.3 is 12.6 Å². The van der Waals surface area contributed by atoms with E-state index in [-0.39, 0.29) is 34.6 Å². The van der Waals surface area contributed by atoms with Crippen molar-refractivity contribution < 1.29 is 31.5 Å². The highest BCUT2D eigenvalue weighted by atomic mass is 35.5. The van der Waals surface area contributed by atoms with Crippen LogP contribution in [0.2, 0.25) is 5.02 Å². The van der Waals surface area contributed by atoms with Crippen LogP contribution in [-0.2, 0) is 19.6 Å². The first-order valence-electron chi connectivity index (χ1n) is 7.28. The van der Waals surface area contributed by atoms with Gasteiger partial charge in [0, 0.05) is 18.1 Å². The lowest BCUT2D eigenvalue weighted by Crippen LogP contribution is -2.50. The molecule has 0 saturated carbocycles. The zero-order chi connectivity index (χ0) is 18.6. The van der Waals surface area contributed by atoms with Crippen molar-refractivity contribution in [3.8, 4) is 5.75 Å². The first-order valence-corrected chi connectivity index (χ1v) is 10.2. The summed E-state index contributed by atoms with van der Waals surface area (Å²) in [5.41, 5.74) is 0. The third-order valence-corrected chi connectivity index (χ3v) is 6.59. The molecular formula is C14H16ClF2NO5S2. The van der Waals surface area contributed by atoms with E-state index >= 15 is 0 Å². The number of sulfonamides is 1. The van der Waals surface area contributed by atoms with Gasteiger partial charge in [-0.3, -0.25) is 4.79 Å². The molecule has 1 aliphatic rings. The van der Waals surface area contributed by atoms with Crippen molar-refractivity contribution in [2.24, 2.45) is 0 Å². The van der Waals surface area contributed by atoms with Gasteiger partial charge in [-0.05, 0) is 25.1 Å². The molecule has 0 spiro atoms. The fourth-order valence-electron chi connectivity index (χ4n) is 2.27. The molecule has 25 heavy (non-hydrogen) atoms. The molecule has 0 unspecified atom stereocenters. The molecule has 1 atom stereocenters. The average molecular weight is 416 g/mol. The lowest BCUT2D eigenvalue weighted by molar-refractivity contribution is -0.147. The number of rotatable bonds is 6. The zero-order valence-corrected chi connectivity index (χ0v) is 15.5. The number of alkyl halides is 2. The van der Waals surface area contributed by atoms with Crippen LogP contribution >= 0.6 is 23.4 Å². The largest absolute Gasteiger partial charge is 0.465 e. The zero-order valence-electron chi connectivity index (χ0n) is 13.2. The Labute approximate surface area is 153 Å². The van der Waals surface area contributed by atoms with Gasteiger partial charge in [0.15, 0.2) is 0 Å². The molecule has 0 aliphatic carbocycles. The number of nitrogens with zero attached hydrogens (tertiary/aromatic N) is 1. The quantitative estimate of drug-likeness (QED) is 0.665. The lowest BCUT2D eigenvalue weighted by atomic mass is 10.3. The molecule has 140 valence electrons. The van der Waals surface area contributed by atoms with Crippen molar-refractivity contribution in [2.75, 3.05) is 24.7 Å². The summed E-state index contributed by atoms with van der Waals surface area (Å²) >= 11 is 7.28. The third-order valence-electron chi connectivity index (χ3n) is 3.36. The summed E-state index contributed by atoms with van der Waals surface area (Å²) in [6.07, 6.45) is 0. The van der Waals surface area contributed by atoms with Crippen molar-refractivity contribution >= 4 is 39.4 Å². The molecule has 1 aromatic carbocycles. The SMILES string of the molecule is CCOC(=O)[C@@H]1CSCCN1S(=O)(=O)c1ccc(OC(F)F)c(Cl)c1. The molecule has 1 aromatic rings. The molecule has 0 N–H and O–H groups in total. The average Bonchev–Trinajstić information content (AvgIpc) is 2.56. The van der Waals surface area contributed by atoms with E-state index in [0.717, 1.165) is 22.5 Å². The summed E-state index contributed by atoms with van der Waals surface area (Å²) in [6, 6.07) is 2.25. The second-order valence-corrected chi connectivity index (χ2v) is 8.38. The van der Waals surface area contributed by atoms with Gasteiger partial charge in [-0.2, -0.15) is 24.8 Å². The predicted molar refractivity (Wildman–Crippen MR) is 89.7 cm³/mol. The number of hydrogen-bond acceptors (Lipinski definition) is 6. The van der Waals surface area contributed by atoms with Crippen LogP contribution in [0.25, 0.3) is 0 Å². The van der Waals surface area contributed by atoms with Crippen molar-refractivity contribution in [2.45, 2.75) is 24.5 Å². The van der Waals surface area contributed by atoms with Crippen LogP contribution in [0.3, 0.4) is 0 Å². The van der Waals surface area contributed by atoms with Gasteiger partial charge in [-0.15, -0.1) is 0 Å². The molecule has 6 nitrogen and oxygen atoms in total. The van der Waals surface area contributed by atoms with Crippen molar-refractivity contribution in [3.05, 3.63) is 23.2 Å². The number of hydrogen-bond donors (Lipinski definition) is 0. The molecule has 0 aromatic heterocycles. The second kappa shape index (κ2) is 8.52. The summed E-state index contributed by atoms with van der Waals surface area (Å²) in [6.45, 7) is -1.18. The van der Waals surface area contributed by atoms with Crippen LogP contribution in [-0.4, -0.2) is 56.0 Å². The van der Waals surface area contributed by atoms with Crippen molar-refractivity contribution in [1.82, 2.24) is 4.31 Å². The molecule has 0 bridgehead atoms. The number of ether oxygens (including phenoxy) is 2. The molecule has 0 amide bonds. The maximum Gasteiger partial charge on any atom is 0.387 e. The topological polar surface area (TPSA) is 72.9 Å². The summed E-state index contributed by atoms with van der Waals surface area (Å²) in [5, 5.41) is -0.263. The van der Waals surface area contributed by atoms with E-state index in [0.29, 0.717) is 5.75 Å². The minimum atomic E-state index is -4.05. The number of thioether (sulfide) groups is 1. The highest BCUT2D eigenvalue weighted by Crippen LogP contribution is 2.31. The molecular weight excluding hydrogens is 400 g/mol. The molecule has 2 rings (SSSR count). The normalized spacial score (nSPS) is 19.0.